The van der Waals surface area contributed by atoms with Gasteiger partial charge in [0.05, 0.1) is 24.6 Å². The van der Waals surface area contributed by atoms with Crippen LogP contribution < -0.4 is 0 Å². The number of aromatic nitrogens is 6. The van der Waals surface area contributed by atoms with Gasteiger partial charge in [0.1, 0.15) is 12.2 Å². The number of aryl methyl sites for hydroxylation is 1. The highest BCUT2D eigenvalue weighted by Gasteiger charge is 2.41. The third-order valence-electron chi connectivity index (χ3n) is 7.20. The minimum atomic E-state index is -1.01. The number of H-pyrrole nitrogens is 1. The molecule has 1 aliphatic heterocycles. The van der Waals surface area contributed by atoms with Crippen molar-refractivity contribution >= 4 is 17.8 Å². The zero-order valence-electron chi connectivity index (χ0n) is 23.9. The van der Waals surface area contributed by atoms with Crippen LogP contribution in [0.1, 0.15) is 56.0 Å². The largest absolute Gasteiger partial charge is 0.466 e. The molecule has 1 unspecified atom stereocenters. The maximum Gasteiger partial charge on any atom is 0.335 e. The average molecular weight is 572 g/mol. The van der Waals surface area contributed by atoms with E-state index in [4.69, 9.17) is 14.5 Å². The molecule has 12 nitrogen and oxygen atoms in total. The van der Waals surface area contributed by atoms with E-state index in [1.807, 2.05) is 60.0 Å². The second-order valence-electron chi connectivity index (χ2n) is 9.77. The highest BCUT2D eigenvalue weighted by molar-refractivity contribution is 5.96. The Morgan fingerprint density at radius 1 is 0.976 bits per heavy atom. The maximum absolute atomic E-state index is 13.3. The van der Waals surface area contributed by atoms with E-state index in [-0.39, 0.29) is 19.8 Å². The Bertz CT molecular complexity index is 1560. The zero-order chi connectivity index (χ0) is 29.6. The summed E-state index contributed by atoms with van der Waals surface area (Å²) in [6.45, 7) is 6.43. The SMILES string of the molecule is CCOC(=O)CC(=O)N1CCc2nc(CC)n(Cc3ccc(-c4ccccc4-c4nnn[nH]4)cc3)c2C1C(=O)OCC. The monoisotopic (exact) mass is 571 g/mol. The molecule has 0 bridgehead atoms. The molecule has 5 rings (SSSR count). The fraction of sp³-hybridized carbons (Fsp3) is 0.367. The Labute approximate surface area is 243 Å². The molecule has 2 aromatic heterocycles. The lowest BCUT2D eigenvalue weighted by molar-refractivity contribution is -0.159. The summed E-state index contributed by atoms with van der Waals surface area (Å²) in [4.78, 5) is 44.9. The van der Waals surface area contributed by atoms with Gasteiger partial charge in [-0.25, -0.2) is 14.9 Å². The summed E-state index contributed by atoms with van der Waals surface area (Å²) in [5.41, 5.74) is 5.24. The molecule has 1 aliphatic rings. The molecule has 0 saturated carbocycles. The van der Waals surface area contributed by atoms with E-state index < -0.39 is 30.3 Å². The number of nitrogens with one attached hydrogen (secondary N) is 1. The van der Waals surface area contributed by atoms with Gasteiger partial charge in [-0.2, -0.15) is 0 Å². The third-order valence-corrected chi connectivity index (χ3v) is 7.20. The molecule has 1 atom stereocenters. The number of amides is 1. The van der Waals surface area contributed by atoms with Crippen molar-refractivity contribution in [2.75, 3.05) is 19.8 Å². The predicted molar refractivity (Wildman–Crippen MR) is 152 cm³/mol. The zero-order valence-corrected chi connectivity index (χ0v) is 23.9. The second kappa shape index (κ2) is 12.8. The van der Waals surface area contributed by atoms with E-state index >= 15 is 0 Å². The van der Waals surface area contributed by atoms with Crippen molar-refractivity contribution in [2.45, 2.75) is 52.6 Å². The van der Waals surface area contributed by atoms with Crippen molar-refractivity contribution in [1.82, 2.24) is 35.1 Å². The van der Waals surface area contributed by atoms with Crippen LogP contribution in [0.15, 0.2) is 48.5 Å². The smallest absolute Gasteiger partial charge is 0.335 e. The normalized spacial score (nSPS) is 14.4. The van der Waals surface area contributed by atoms with E-state index in [1.54, 1.807) is 13.8 Å². The summed E-state index contributed by atoms with van der Waals surface area (Å²) < 4.78 is 12.4. The summed E-state index contributed by atoms with van der Waals surface area (Å²) in [5.74, 6) is -0.262. The Morgan fingerprint density at radius 3 is 2.38 bits per heavy atom. The van der Waals surface area contributed by atoms with Crippen molar-refractivity contribution in [3.8, 4) is 22.5 Å². The fourth-order valence-electron chi connectivity index (χ4n) is 5.36. The molecule has 3 heterocycles. The number of hydrogen-bond donors (Lipinski definition) is 1. The molecule has 2 aromatic carbocycles. The molecule has 4 aromatic rings. The number of carbonyl (C=O) groups is 3. The van der Waals surface area contributed by atoms with E-state index in [0.717, 1.165) is 33.8 Å². The molecule has 0 fully saturated rings. The van der Waals surface area contributed by atoms with Crippen LogP contribution in [0.25, 0.3) is 22.5 Å². The van der Waals surface area contributed by atoms with Gasteiger partial charge >= 0.3 is 11.9 Å². The highest BCUT2D eigenvalue weighted by Crippen LogP contribution is 2.34. The minimum Gasteiger partial charge on any atom is -0.466 e. The van der Waals surface area contributed by atoms with Gasteiger partial charge in [0.2, 0.25) is 5.91 Å². The van der Waals surface area contributed by atoms with Crippen LogP contribution in [-0.4, -0.2) is 72.7 Å². The van der Waals surface area contributed by atoms with E-state index in [9.17, 15) is 14.4 Å². The number of ether oxygens (including phenoxy) is 2. The van der Waals surface area contributed by atoms with Crippen LogP contribution in [0, 0.1) is 0 Å². The fourth-order valence-corrected chi connectivity index (χ4v) is 5.36. The van der Waals surface area contributed by atoms with E-state index in [0.29, 0.717) is 30.9 Å². The highest BCUT2D eigenvalue weighted by atomic mass is 16.5. The van der Waals surface area contributed by atoms with Crippen molar-refractivity contribution in [2.24, 2.45) is 0 Å². The first-order valence-electron chi connectivity index (χ1n) is 14.1. The number of carbonyl (C=O) groups excluding carboxylic acids is 3. The maximum atomic E-state index is 13.3. The van der Waals surface area contributed by atoms with Crippen LogP contribution in [0.2, 0.25) is 0 Å². The average Bonchev–Trinajstić information content (AvgIpc) is 3.66. The standard InChI is InChI=1S/C30H33N7O5/c1-4-24-31-23-15-16-36(25(38)17-26(39)41-5-2)28(30(40)42-6-3)27(23)37(24)18-19-11-13-20(14-12-19)21-9-7-8-10-22(21)29-32-34-35-33-29/h7-14,28H,4-6,15-18H2,1-3H3,(H,32,33,34,35). The third kappa shape index (κ3) is 5.78. The molecule has 12 heteroatoms. The van der Waals surface area contributed by atoms with Gasteiger partial charge in [0.15, 0.2) is 11.9 Å². The molecule has 0 saturated heterocycles. The number of hydrogen-bond acceptors (Lipinski definition) is 9. The summed E-state index contributed by atoms with van der Waals surface area (Å²) >= 11 is 0. The summed E-state index contributed by atoms with van der Waals surface area (Å²) in [7, 11) is 0. The van der Waals surface area contributed by atoms with Gasteiger partial charge in [-0.15, -0.1) is 5.10 Å². The van der Waals surface area contributed by atoms with Crippen molar-refractivity contribution < 1.29 is 23.9 Å². The number of rotatable bonds is 10. The van der Waals surface area contributed by atoms with Crippen LogP contribution in [0.5, 0.6) is 0 Å². The quantitative estimate of drug-likeness (QED) is 0.224. The van der Waals surface area contributed by atoms with Crippen molar-refractivity contribution in [1.29, 1.82) is 0 Å². The Hall–Kier alpha value is -4.87. The van der Waals surface area contributed by atoms with Gasteiger partial charge in [-0.05, 0) is 41.0 Å². The van der Waals surface area contributed by atoms with Crippen LogP contribution in [0.4, 0.5) is 0 Å². The first-order valence-corrected chi connectivity index (χ1v) is 14.1. The summed E-state index contributed by atoms with van der Waals surface area (Å²) in [5, 5.41) is 14.3. The number of imidazole rings is 1. The lowest BCUT2D eigenvalue weighted by Gasteiger charge is -2.34. The number of benzene rings is 2. The van der Waals surface area contributed by atoms with E-state index in [2.05, 4.69) is 20.6 Å². The Morgan fingerprint density at radius 2 is 1.71 bits per heavy atom. The second-order valence-corrected chi connectivity index (χ2v) is 9.77. The molecule has 0 spiro atoms. The summed E-state index contributed by atoms with van der Waals surface area (Å²) in [6, 6.07) is 15.0. The number of esters is 2. The van der Waals surface area contributed by atoms with Crippen LogP contribution in [-0.2, 0) is 43.2 Å². The van der Waals surface area contributed by atoms with Crippen LogP contribution >= 0.6 is 0 Å². The molecule has 218 valence electrons. The molecular weight excluding hydrogens is 538 g/mol. The van der Waals surface area contributed by atoms with Gasteiger partial charge in [-0.3, -0.25) is 9.59 Å². The molecular formula is C30H33N7O5. The molecule has 42 heavy (non-hydrogen) atoms. The van der Waals surface area contributed by atoms with Gasteiger partial charge in [0.25, 0.3) is 0 Å². The lowest BCUT2D eigenvalue weighted by atomic mass is 9.98. The van der Waals surface area contributed by atoms with Gasteiger partial charge in [-0.1, -0.05) is 55.5 Å². The number of tetrazole rings is 1. The number of aromatic amines is 1. The topological polar surface area (TPSA) is 145 Å². The minimum absolute atomic E-state index is 0.159. The Balaban J connectivity index is 1.47. The van der Waals surface area contributed by atoms with Crippen molar-refractivity contribution in [3.05, 3.63) is 71.3 Å². The number of nitrogens with zero attached hydrogens (tertiary/aromatic N) is 6. The van der Waals surface area contributed by atoms with E-state index in [1.165, 1.54) is 4.90 Å². The Kier molecular flexibility index (Phi) is 8.70. The molecule has 0 aliphatic carbocycles. The van der Waals surface area contributed by atoms with Gasteiger partial charge in [0, 0.05) is 31.5 Å². The molecule has 0 radical (unpaired) electrons. The van der Waals surface area contributed by atoms with Crippen molar-refractivity contribution in [3.63, 3.8) is 0 Å². The first kappa shape index (κ1) is 28.7. The predicted octanol–water partition coefficient (Wildman–Crippen LogP) is 3.28. The van der Waals surface area contributed by atoms with Gasteiger partial charge < -0.3 is 18.9 Å². The van der Waals surface area contributed by atoms with Crippen LogP contribution in [0.3, 0.4) is 0 Å². The first-order chi connectivity index (χ1) is 20.4. The lowest BCUT2D eigenvalue weighted by Crippen LogP contribution is -2.45. The summed E-state index contributed by atoms with van der Waals surface area (Å²) in [6.07, 6.45) is 0.656. The molecule has 1 amide bonds. The number of fused-ring (bicyclic) bond motifs is 1. The molecule has 1 N–H and O–H groups in total.